The van der Waals surface area contributed by atoms with Crippen molar-refractivity contribution < 1.29 is 32.7 Å². The highest BCUT2D eigenvalue weighted by atomic mass is 19.4. The van der Waals surface area contributed by atoms with Crippen molar-refractivity contribution in [3.05, 3.63) is 69.3 Å². The highest BCUT2D eigenvalue weighted by molar-refractivity contribution is 5.96. The molecule has 0 unspecified atom stereocenters. The first-order valence-electron chi connectivity index (χ1n) is 7.69. The van der Waals surface area contributed by atoms with Gasteiger partial charge in [0.1, 0.15) is 6.61 Å². The molecule has 0 fully saturated rings. The van der Waals surface area contributed by atoms with E-state index in [0.717, 1.165) is 18.2 Å². The summed E-state index contributed by atoms with van der Waals surface area (Å²) in [5, 5.41) is 22.5. The van der Waals surface area contributed by atoms with E-state index in [1.54, 1.807) is 0 Å². The Morgan fingerprint density at radius 1 is 1.22 bits per heavy atom. The summed E-state index contributed by atoms with van der Waals surface area (Å²) in [6.45, 7) is -0.851. The number of rotatable bonds is 7. The SMILES string of the molecule is O=C(OCc1ccccc1C(F)(F)F)c1cc([N+](=O)[O-])ccc1NCCO. The van der Waals surface area contributed by atoms with E-state index in [0.29, 0.717) is 0 Å². The quantitative estimate of drug-likeness (QED) is 0.431. The van der Waals surface area contributed by atoms with Crippen LogP contribution in [0.5, 0.6) is 0 Å². The summed E-state index contributed by atoms with van der Waals surface area (Å²) in [5.74, 6) is -1.03. The Balaban J connectivity index is 2.25. The Kier molecular flexibility index (Phi) is 6.35. The number of nitrogens with zero attached hydrogens (tertiary/aromatic N) is 1. The second kappa shape index (κ2) is 8.49. The zero-order chi connectivity index (χ0) is 20.0. The average Bonchev–Trinajstić information content (AvgIpc) is 2.63. The number of nitrogens with one attached hydrogen (secondary N) is 1. The van der Waals surface area contributed by atoms with Crippen LogP contribution in [0.4, 0.5) is 24.5 Å². The first kappa shape index (κ1) is 20.2. The summed E-state index contributed by atoms with van der Waals surface area (Å²) >= 11 is 0. The number of aliphatic hydroxyl groups is 1. The second-order valence-electron chi connectivity index (χ2n) is 5.37. The van der Waals surface area contributed by atoms with E-state index in [4.69, 9.17) is 9.84 Å². The van der Waals surface area contributed by atoms with Crippen LogP contribution in [-0.2, 0) is 17.5 Å². The Morgan fingerprint density at radius 3 is 2.56 bits per heavy atom. The lowest BCUT2D eigenvalue weighted by Gasteiger charge is -2.14. The van der Waals surface area contributed by atoms with Gasteiger partial charge < -0.3 is 15.2 Å². The predicted octanol–water partition coefficient (Wildman–Crippen LogP) is 3.37. The Bertz CT molecular complexity index is 840. The molecule has 0 radical (unpaired) electrons. The smallest absolute Gasteiger partial charge is 0.416 e. The number of benzene rings is 2. The van der Waals surface area contributed by atoms with Crippen molar-refractivity contribution in [3.8, 4) is 0 Å². The van der Waals surface area contributed by atoms with Gasteiger partial charge in [-0.3, -0.25) is 10.1 Å². The van der Waals surface area contributed by atoms with Gasteiger partial charge in [0, 0.05) is 29.9 Å². The van der Waals surface area contributed by atoms with E-state index in [9.17, 15) is 28.1 Å². The fourth-order valence-electron chi connectivity index (χ4n) is 2.30. The third-order valence-corrected chi connectivity index (χ3v) is 3.54. The molecule has 0 heterocycles. The maximum Gasteiger partial charge on any atom is 0.416 e. The van der Waals surface area contributed by atoms with Crippen molar-refractivity contribution in [1.29, 1.82) is 0 Å². The normalized spacial score (nSPS) is 11.1. The highest BCUT2D eigenvalue weighted by Crippen LogP contribution is 2.32. The number of non-ortho nitro benzene ring substituents is 1. The average molecular weight is 384 g/mol. The van der Waals surface area contributed by atoms with E-state index in [1.807, 2.05) is 0 Å². The van der Waals surface area contributed by atoms with Crippen molar-refractivity contribution in [2.24, 2.45) is 0 Å². The van der Waals surface area contributed by atoms with Gasteiger partial charge in [-0.15, -0.1) is 0 Å². The number of hydrogen-bond acceptors (Lipinski definition) is 6. The molecule has 10 heteroatoms. The number of carbonyl (C=O) groups excluding carboxylic acids is 1. The Hall–Kier alpha value is -3.14. The zero-order valence-electron chi connectivity index (χ0n) is 13.8. The van der Waals surface area contributed by atoms with Gasteiger partial charge in [0.25, 0.3) is 5.69 Å². The Labute approximate surface area is 151 Å². The van der Waals surface area contributed by atoms with Gasteiger partial charge in [-0.2, -0.15) is 13.2 Å². The number of esters is 1. The van der Waals surface area contributed by atoms with Gasteiger partial charge in [-0.1, -0.05) is 18.2 Å². The molecule has 0 spiro atoms. The van der Waals surface area contributed by atoms with Crippen molar-refractivity contribution in [2.45, 2.75) is 12.8 Å². The molecule has 0 aromatic heterocycles. The van der Waals surface area contributed by atoms with Crippen LogP contribution in [0.25, 0.3) is 0 Å². The number of aliphatic hydroxyl groups excluding tert-OH is 1. The monoisotopic (exact) mass is 384 g/mol. The van der Waals surface area contributed by atoms with E-state index in [-0.39, 0.29) is 35.7 Å². The molecule has 27 heavy (non-hydrogen) atoms. The molecule has 0 saturated carbocycles. The van der Waals surface area contributed by atoms with Crippen LogP contribution >= 0.6 is 0 Å². The summed E-state index contributed by atoms with van der Waals surface area (Å²) in [6.07, 6.45) is -4.61. The fourth-order valence-corrected chi connectivity index (χ4v) is 2.30. The lowest BCUT2D eigenvalue weighted by Crippen LogP contribution is -2.14. The Morgan fingerprint density at radius 2 is 1.93 bits per heavy atom. The lowest BCUT2D eigenvalue weighted by molar-refractivity contribution is -0.384. The minimum atomic E-state index is -4.61. The topological polar surface area (TPSA) is 102 Å². The molecule has 2 rings (SSSR count). The lowest BCUT2D eigenvalue weighted by atomic mass is 10.1. The number of nitro groups is 1. The maximum absolute atomic E-state index is 13.0. The van der Waals surface area contributed by atoms with E-state index >= 15 is 0 Å². The van der Waals surface area contributed by atoms with Crippen molar-refractivity contribution in [1.82, 2.24) is 0 Å². The minimum Gasteiger partial charge on any atom is -0.457 e. The molecule has 2 N–H and O–H groups in total. The molecule has 0 aliphatic rings. The molecule has 0 saturated heterocycles. The van der Waals surface area contributed by atoms with Gasteiger partial charge >= 0.3 is 12.1 Å². The number of anilines is 1. The molecular formula is C17H15F3N2O5. The highest BCUT2D eigenvalue weighted by Gasteiger charge is 2.33. The van der Waals surface area contributed by atoms with Crippen molar-refractivity contribution in [2.75, 3.05) is 18.5 Å². The summed E-state index contributed by atoms with van der Waals surface area (Å²) in [4.78, 5) is 22.5. The molecule has 2 aromatic carbocycles. The van der Waals surface area contributed by atoms with Gasteiger partial charge in [0.15, 0.2) is 0 Å². The summed E-state index contributed by atoms with van der Waals surface area (Å²) < 4.78 is 43.9. The van der Waals surface area contributed by atoms with E-state index in [1.165, 1.54) is 24.3 Å². The fraction of sp³-hybridized carbons (Fsp3) is 0.235. The van der Waals surface area contributed by atoms with Gasteiger partial charge in [0.05, 0.1) is 22.7 Å². The van der Waals surface area contributed by atoms with Gasteiger partial charge in [-0.05, 0) is 12.1 Å². The molecule has 0 amide bonds. The number of hydrogen-bond donors (Lipinski definition) is 2. The molecule has 0 aliphatic carbocycles. The molecule has 0 bridgehead atoms. The predicted molar refractivity (Wildman–Crippen MR) is 89.2 cm³/mol. The first-order valence-corrected chi connectivity index (χ1v) is 7.69. The van der Waals surface area contributed by atoms with Crippen molar-refractivity contribution in [3.63, 3.8) is 0 Å². The van der Waals surface area contributed by atoms with Crippen LogP contribution in [-0.4, -0.2) is 29.2 Å². The molecule has 0 atom stereocenters. The molecule has 144 valence electrons. The van der Waals surface area contributed by atoms with Crippen LogP contribution in [0.2, 0.25) is 0 Å². The first-order chi connectivity index (χ1) is 12.7. The number of alkyl halides is 3. The number of nitro benzene ring substituents is 1. The van der Waals surface area contributed by atoms with E-state index in [2.05, 4.69) is 5.32 Å². The van der Waals surface area contributed by atoms with Crippen molar-refractivity contribution >= 4 is 17.3 Å². The van der Waals surface area contributed by atoms with Crippen LogP contribution in [0.3, 0.4) is 0 Å². The molecule has 2 aromatic rings. The number of ether oxygens (including phenoxy) is 1. The third-order valence-electron chi connectivity index (χ3n) is 3.54. The van der Waals surface area contributed by atoms with E-state index < -0.39 is 29.2 Å². The zero-order valence-corrected chi connectivity index (χ0v) is 13.8. The molecule has 0 aliphatic heterocycles. The summed E-state index contributed by atoms with van der Waals surface area (Å²) in [7, 11) is 0. The van der Waals surface area contributed by atoms with Crippen LogP contribution in [0, 0.1) is 10.1 Å². The van der Waals surface area contributed by atoms with Crippen LogP contribution < -0.4 is 5.32 Å². The van der Waals surface area contributed by atoms with Gasteiger partial charge in [0.2, 0.25) is 0 Å². The van der Waals surface area contributed by atoms with Crippen LogP contribution in [0.1, 0.15) is 21.5 Å². The standard InChI is InChI=1S/C17H15F3N2O5/c18-17(19,20)14-4-2-1-3-11(14)10-27-16(24)13-9-12(22(25)26)5-6-15(13)21-7-8-23/h1-6,9,21,23H,7-8,10H2. The summed E-state index contributed by atoms with van der Waals surface area (Å²) in [5.41, 5.74) is -1.62. The minimum absolute atomic E-state index is 0.0645. The van der Waals surface area contributed by atoms with Crippen LogP contribution in [0.15, 0.2) is 42.5 Å². The molecular weight excluding hydrogens is 369 g/mol. The largest absolute Gasteiger partial charge is 0.457 e. The maximum atomic E-state index is 13.0. The number of carbonyl (C=O) groups is 1. The van der Waals surface area contributed by atoms with Gasteiger partial charge in [-0.25, -0.2) is 4.79 Å². The third kappa shape index (κ3) is 5.17. The number of halogens is 3. The second-order valence-corrected chi connectivity index (χ2v) is 5.37. The molecule has 7 nitrogen and oxygen atoms in total. The summed E-state index contributed by atoms with van der Waals surface area (Å²) in [6, 6.07) is 7.99.